The summed E-state index contributed by atoms with van der Waals surface area (Å²) in [6.07, 6.45) is 5.20. The van der Waals surface area contributed by atoms with Crippen molar-refractivity contribution in [3.05, 3.63) is 27.8 Å². The van der Waals surface area contributed by atoms with Crippen molar-refractivity contribution in [3.8, 4) is 10.7 Å². The molecular formula is C12H13BrN2OS. The Morgan fingerprint density at radius 2 is 2.41 bits per heavy atom. The van der Waals surface area contributed by atoms with Gasteiger partial charge in [0.15, 0.2) is 5.82 Å². The molecule has 90 valence electrons. The number of thiophene rings is 1. The summed E-state index contributed by atoms with van der Waals surface area (Å²) in [5.41, 5.74) is 1.25. The molecule has 0 aliphatic carbocycles. The Labute approximate surface area is 112 Å². The smallest absolute Gasteiger partial charge is 0.150 e. The van der Waals surface area contributed by atoms with Crippen LogP contribution in [0.2, 0.25) is 0 Å². The van der Waals surface area contributed by atoms with Crippen LogP contribution in [0.3, 0.4) is 0 Å². The van der Waals surface area contributed by atoms with E-state index in [1.165, 1.54) is 5.69 Å². The fourth-order valence-corrected chi connectivity index (χ4v) is 3.81. The molecule has 1 N–H and O–H groups in total. The lowest BCUT2D eigenvalue weighted by molar-refractivity contribution is 0.208. The number of aliphatic hydroxyl groups excluding tert-OH is 1. The average molecular weight is 313 g/mol. The predicted octanol–water partition coefficient (Wildman–Crippen LogP) is 3.24. The van der Waals surface area contributed by atoms with Crippen molar-refractivity contribution in [2.75, 3.05) is 6.61 Å². The van der Waals surface area contributed by atoms with Gasteiger partial charge in [0.1, 0.15) is 0 Å². The zero-order chi connectivity index (χ0) is 11.8. The zero-order valence-electron chi connectivity index (χ0n) is 9.27. The van der Waals surface area contributed by atoms with Crippen LogP contribution in [-0.2, 0) is 6.42 Å². The van der Waals surface area contributed by atoms with Crippen molar-refractivity contribution in [2.45, 2.75) is 25.3 Å². The topological polar surface area (TPSA) is 38.1 Å². The third kappa shape index (κ3) is 1.96. The molecule has 2 aromatic rings. The van der Waals surface area contributed by atoms with Crippen molar-refractivity contribution in [1.29, 1.82) is 0 Å². The molecule has 17 heavy (non-hydrogen) atoms. The van der Waals surface area contributed by atoms with Crippen LogP contribution >= 0.6 is 27.3 Å². The first-order valence-electron chi connectivity index (χ1n) is 5.72. The Morgan fingerprint density at radius 1 is 1.53 bits per heavy atom. The third-order valence-corrected chi connectivity index (χ3v) is 4.83. The number of halogens is 1. The van der Waals surface area contributed by atoms with Crippen LogP contribution in [0, 0.1) is 0 Å². The van der Waals surface area contributed by atoms with Crippen LogP contribution in [0.5, 0.6) is 0 Å². The van der Waals surface area contributed by atoms with Crippen molar-refractivity contribution < 1.29 is 5.11 Å². The van der Waals surface area contributed by atoms with E-state index < -0.39 is 0 Å². The maximum atomic E-state index is 9.48. The van der Waals surface area contributed by atoms with Crippen molar-refractivity contribution in [3.63, 3.8) is 0 Å². The number of aryl methyl sites for hydroxylation is 1. The van der Waals surface area contributed by atoms with Gasteiger partial charge in [0.2, 0.25) is 0 Å². The highest BCUT2D eigenvalue weighted by molar-refractivity contribution is 9.11. The second-order valence-corrected chi connectivity index (χ2v) is 6.74. The number of hydrogen-bond donors (Lipinski definition) is 1. The Morgan fingerprint density at radius 3 is 3.12 bits per heavy atom. The van der Waals surface area contributed by atoms with Crippen LogP contribution in [0.4, 0.5) is 0 Å². The first kappa shape index (κ1) is 11.4. The van der Waals surface area contributed by atoms with E-state index in [0.717, 1.165) is 33.8 Å². The predicted molar refractivity (Wildman–Crippen MR) is 72.3 cm³/mol. The summed E-state index contributed by atoms with van der Waals surface area (Å²) in [4.78, 5) is 5.68. The molecule has 1 unspecified atom stereocenters. The lowest BCUT2D eigenvalue weighted by Gasteiger charge is -2.25. The summed E-state index contributed by atoms with van der Waals surface area (Å²) in [5.74, 6) is 0.995. The molecule has 0 fully saturated rings. The largest absolute Gasteiger partial charge is 0.394 e. The molecule has 3 rings (SSSR count). The van der Waals surface area contributed by atoms with Crippen LogP contribution in [0.1, 0.15) is 24.6 Å². The highest BCUT2D eigenvalue weighted by atomic mass is 79.9. The monoisotopic (exact) mass is 312 g/mol. The molecule has 0 spiro atoms. The van der Waals surface area contributed by atoms with Gasteiger partial charge in [-0.1, -0.05) is 0 Å². The highest BCUT2D eigenvalue weighted by Gasteiger charge is 2.23. The van der Waals surface area contributed by atoms with E-state index in [9.17, 15) is 5.11 Å². The van der Waals surface area contributed by atoms with Gasteiger partial charge >= 0.3 is 0 Å². The molecule has 0 aromatic carbocycles. The average Bonchev–Trinajstić information content (AvgIpc) is 2.94. The second-order valence-electron chi connectivity index (χ2n) is 4.28. The zero-order valence-corrected chi connectivity index (χ0v) is 11.7. The van der Waals surface area contributed by atoms with Crippen molar-refractivity contribution >= 4 is 27.3 Å². The van der Waals surface area contributed by atoms with Crippen LogP contribution in [0.15, 0.2) is 22.1 Å². The second kappa shape index (κ2) is 4.55. The van der Waals surface area contributed by atoms with Crippen molar-refractivity contribution in [1.82, 2.24) is 9.55 Å². The fraction of sp³-hybridized carbons (Fsp3) is 0.417. The van der Waals surface area contributed by atoms with E-state index in [-0.39, 0.29) is 12.6 Å². The standard InChI is InChI=1S/C12H13BrN2OS/c13-11-5-4-10(17-11)12-14-6-8-2-1-3-9(7-16)15(8)12/h4-6,9,16H,1-3,7H2. The molecule has 0 radical (unpaired) electrons. The molecule has 2 aromatic heterocycles. The SMILES string of the molecule is OCC1CCCc2cnc(-c3ccc(Br)s3)n21. The minimum absolute atomic E-state index is 0.192. The van der Waals surface area contributed by atoms with Crippen LogP contribution in [0.25, 0.3) is 10.7 Å². The summed E-state index contributed by atoms with van der Waals surface area (Å²) in [7, 11) is 0. The van der Waals surface area contributed by atoms with Gasteiger partial charge in [-0.3, -0.25) is 0 Å². The Hall–Kier alpha value is -0.650. The lowest BCUT2D eigenvalue weighted by Crippen LogP contribution is -2.21. The van der Waals surface area contributed by atoms with E-state index in [4.69, 9.17) is 0 Å². The van der Waals surface area contributed by atoms with Gasteiger partial charge in [0.25, 0.3) is 0 Å². The van der Waals surface area contributed by atoms with E-state index >= 15 is 0 Å². The van der Waals surface area contributed by atoms with Gasteiger partial charge in [-0.15, -0.1) is 11.3 Å². The number of nitrogens with zero attached hydrogens (tertiary/aromatic N) is 2. The van der Waals surface area contributed by atoms with Gasteiger partial charge in [-0.25, -0.2) is 4.98 Å². The molecular weight excluding hydrogens is 300 g/mol. The van der Waals surface area contributed by atoms with Gasteiger partial charge < -0.3 is 9.67 Å². The first-order chi connectivity index (χ1) is 8.29. The minimum Gasteiger partial charge on any atom is -0.394 e. The number of fused-ring (bicyclic) bond motifs is 1. The summed E-state index contributed by atoms with van der Waals surface area (Å²) in [5, 5.41) is 9.48. The number of hydrogen-bond acceptors (Lipinski definition) is 3. The fourth-order valence-electron chi connectivity index (χ4n) is 2.43. The summed E-state index contributed by atoms with van der Waals surface area (Å²) >= 11 is 5.16. The number of aliphatic hydroxyl groups is 1. The summed E-state index contributed by atoms with van der Waals surface area (Å²) < 4.78 is 3.32. The molecule has 0 saturated heterocycles. The number of imidazole rings is 1. The van der Waals surface area contributed by atoms with Crippen LogP contribution < -0.4 is 0 Å². The van der Waals surface area contributed by atoms with E-state index in [1.54, 1.807) is 11.3 Å². The Balaban J connectivity index is 2.09. The summed E-state index contributed by atoms with van der Waals surface area (Å²) in [6.45, 7) is 0.197. The number of aromatic nitrogens is 2. The molecule has 1 aliphatic rings. The van der Waals surface area contributed by atoms with Gasteiger partial charge in [0, 0.05) is 11.9 Å². The molecule has 0 bridgehead atoms. The van der Waals surface area contributed by atoms with Gasteiger partial charge in [0.05, 0.1) is 21.3 Å². The molecule has 0 saturated carbocycles. The van der Waals surface area contributed by atoms with E-state index in [2.05, 4.69) is 31.5 Å². The minimum atomic E-state index is 0.192. The van der Waals surface area contributed by atoms with E-state index in [1.807, 2.05) is 12.3 Å². The molecule has 1 aliphatic heterocycles. The Kier molecular flexibility index (Phi) is 3.06. The van der Waals surface area contributed by atoms with Gasteiger partial charge in [-0.2, -0.15) is 0 Å². The van der Waals surface area contributed by atoms with E-state index in [0.29, 0.717) is 0 Å². The van der Waals surface area contributed by atoms with Gasteiger partial charge in [-0.05, 0) is 47.3 Å². The maximum absolute atomic E-state index is 9.48. The maximum Gasteiger partial charge on any atom is 0.150 e. The normalized spacial score (nSPS) is 19.3. The van der Waals surface area contributed by atoms with Crippen LogP contribution in [-0.4, -0.2) is 21.3 Å². The quantitative estimate of drug-likeness (QED) is 0.924. The Bertz CT molecular complexity index is 534. The molecule has 5 heteroatoms. The molecule has 3 nitrogen and oxygen atoms in total. The third-order valence-electron chi connectivity index (χ3n) is 3.21. The molecule has 3 heterocycles. The number of rotatable bonds is 2. The first-order valence-corrected chi connectivity index (χ1v) is 7.33. The summed E-state index contributed by atoms with van der Waals surface area (Å²) in [6, 6.07) is 4.31. The highest BCUT2D eigenvalue weighted by Crippen LogP contribution is 2.35. The lowest BCUT2D eigenvalue weighted by atomic mass is 10.0. The molecule has 1 atom stereocenters. The molecule has 0 amide bonds. The van der Waals surface area contributed by atoms with Crippen molar-refractivity contribution in [2.24, 2.45) is 0 Å².